The lowest BCUT2D eigenvalue weighted by molar-refractivity contribution is -0.115. The molecule has 0 bridgehead atoms. The summed E-state index contributed by atoms with van der Waals surface area (Å²) < 4.78 is 7.28. The van der Waals surface area contributed by atoms with Gasteiger partial charge in [0.1, 0.15) is 11.0 Å². The fourth-order valence-electron chi connectivity index (χ4n) is 3.39. The van der Waals surface area contributed by atoms with Gasteiger partial charge < -0.3 is 14.6 Å². The van der Waals surface area contributed by atoms with Crippen LogP contribution in [0.3, 0.4) is 0 Å². The van der Waals surface area contributed by atoms with Gasteiger partial charge in [-0.15, -0.1) is 10.2 Å². The number of rotatable bonds is 8. The second-order valence-electron chi connectivity index (χ2n) is 7.19. The molecule has 33 heavy (non-hydrogen) atoms. The van der Waals surface area contributed by atoms with Crippen LogP contribution in [0.1, 0.15) is 17.7 Å². The zero-order valence-electron chi connectivity index (χ0n) is 18.2. The molecule has 168 valence electrons. The number of halogens is 1. The number of carbonyl (C=O) groups is 1. The summed E-state index contributed by atoms with van der Waals surface area (Å²) in [6.45, 7) is 2.69. The second kappa shape index (κ2) is 10.6. The van der Waals surface area contributed by atoms with E-state index in [0.717, 1.165) is 17.0 Å². The van der Waals surface area contributed by atoms with Gasteiger partial charge in [0.2, 0.25) is 5.91 Å². The van der Waals surface area contributed by atoms with Crippen molar-refractivity contribution in [3.63, 3.8) is 0 Å². The summed E-state index contributed by atoms with van der Waals surface area (Å²) in [5.74, 6) is 1.25. The van der Waals surface area contributed by atoms with Gasteiger partial charge in [0.05, 0.1) is 7.11 Å². The molecule has 0 aliphatic rings. The Hall–Kier alpha value is -3.29. The quantitative estimate of drug-likeness (QED) is 0.310. The fourth-order valence-corrected chi connectivity index (χ4v) is 4.62. The minimum absolute atomic E-state index is 0.154. The third-order valence-corrected chi connectivity index (χ3v) is 6.52. The van der Waals surface area contributed by atoms with E-state index in [9.17, 15) is 4.79 Å². The first-order valence-electron chi connectivity index (χ1n) is 10.4. The van der Waals surface area contributed by atoms with Crippen molar-refractivity contribution in [1.29, 1.82) is 0 Å². The minimum atomic E-state index is -0.523. The smallest absolute Gasteiger partial charge is 0.242 e. The van der Waals surface area contributed by atoms with Crippen LogP contribution >= 0.6 is 23.4 Å². The number of nitrogens with zero attached hydrogens (tertiary/aromatic N) is 3. The summed E-state index contributed by atoms with van der Waals surface area (Å²) in [6, 6.07) is 24.4. The molecule has 1 N–H and O–H groups in total. The first-order valence-corrected chi connectivity index (χ1v) is 11.7. The Balaban J connectivity index is 1.65. The Bertz CT molecular complexity index is 1230. The van der Waals surface area contributed by atoms with E-state index in [1.807, 2.05) is 84.3 Å². The lowest BCUT2D eigenvalue weighted by Gasteiger charge is -2.17. The molecular formula is C25H23ClN4O2S. The summed E-state index contributed by atoms with van der Waals surface area (Å²) in [7, 11) is 1.60. The molecule has 0 radical (unpaired) electrons. The largest absolute Gasteiger partial charge is 0.497 e. The Morgan fingerprint density at radius 2 is 1.82 bits per heavy atom. The highest BCUT2D eigenvalue weighted by Gasteiger charge is 2.26. The monoisotopic (exact) mass is 478 g/mol. The van der Waals surface area contributed by atoms with Gasteiger partial charge >= 0.3 is 0 Å². The number of hydrogen-bond donors (Lipinski definition) is 1. The van der Waals surface area contributed by atoms with Crippen molar-refractivity contribution < 1.29 is 9.53 Å². The van der Waals surface area contributed by atoms with Crippen LogP contribution in [-0.2, 0) is 11.3 Å². The Labute approximate surface area is 202 Å². The van der Waals surface area contributed by atoms with Crippen LogP contribution in [0.4, 0.5) is 5.69 Å². The zero-order valence-corrected chi connectivity index (χ0v) is 19.8. The molecule has 4 rings (SSSR count). The fraction of sp³-hybridized carbons (Fsp3) is 0.160. The van der Waals surface area contributed by atoms with Gasteiger partial charge in [-0.05, 0) is 48.9 Å². The summed E-state index contributed by atoms with van der Waals surface area (Å²) in [5.41, 5.74) is 2.46. The molecule has 1 unspecified atom stereocenters. The highest BCUT2D eigenvalue weighted by atomic mass is 35.5. The summed E-state index contributed by atoms with van der Waals surface area (Å²) in [5, 5.41) is 12.6. The highest BCUT2D eigenvalue weighted by molar-refractivity contribution is 8.00. The molecule has 0 aliphatic heterocycles. The third-order valence-electron chi connectivity index (χ3n) is 5.04. The van der Waals surface area contributed by atoms with Crippen molar-refractivity contribution in [2.45, 2.75) is 23.9 Å². The van der Waals surface area contributed by atoms with Gasteiger partial charge in [-0.25, -0.2) is 0 Å². The van der Waals surface area contributed by atoms with E-state index in [-0.39, 0.29) is 5.91 Å². The van der Waals surface area contributed by atoms with Crippen molar-refractivity contribution in [3.05, 3.63) is 89.4 Å². The Morgan fingerprint density at radius 1 is 1.06 bits per heavy atom. The number of methoxy groups -OCH3 is 1. The van der Waals surface area contributed by atoms with Gasteiger partial charge in [-0.3, -0.25) is 4.79 Å². The van der Waals surface area contributed by atoms with E-state index in [2.05, 4.69) is 15.5 Å². The molecule has 0 spiro atoms. The molecule has 0 aliphatic carbocycles. The molecule has 1 heterocycles. The van der Waals surface area contributed by atoms with E-state index in [1.54, 1.807) is 13.2 Å². The minimum Gasteiger partial charge on any atom is -0.497 e. The summed E-state index contributed by atoms with van der Waals surface area (Å²) in [4.78, 5) is 13.4. The Kier molecular flexibility index (Phi) is 7.32. The molecule has 0 saturated carbocycles. The SMILES string of the molecule is CCn1c(SC(C(=O)Nc2cccc(OC)c2)c2ccccc2)nnc1-c1ccc(Cl)cc1. The average Bonchev–Trinajstić information content (AvgIpc) is 3.26. The number of hydrogen-bond acceptors (Lipinski definition) is 5. The zero-order chi connectivity index (χ0) is 23.2. The maximum Gasteiger partial charge on any atom is 0.242 e. The molecule has 1 atom stereocenters. The molecule has 8 heteroatoms. The van der Waals surface area contributed by atoms with E-state index in [1.165, 1.54) is 11.8 Å². The normalized spacial score (nSPS) is 11.7. The van der Waals surface area contributed by atoms with Crippen LogP contribution in [-0.4, -0.2) is 27.8 Å². The van der Waals surface area contributed by atoms with Gasteiger partial charge in [-0.2, -0.15) is 0 Å². The average molecular weight is 479 g/mol. The van der Waals surface area contributed by atoms with E-state index in [4.69, 9.17) is 16.3 Å². The van der Waals surface area contributed by atoms with Crippen LogP contribution in [0.15, 0.2) is 84.0 Å². The second-order valence-corrected chi connectivity index (χ2v) is 8.70. The summed E-state index contributed by atoms with van der Waals surface area (Å²) in [6.07, 6.45) is 0. The maximum atomic E-state index is 13.4. The van der Waals surface area contributed by atoms with Crippen LogP contribution < -0.4 is 10.1 Å². The van der Waals surface area contributed by atoms with E-state index < -0.39 is 5.25 Å². The predicted octanol–water partition coefficient (Wildman–Crippen LogP) is 6.10. The lowest BCUT2D eigenvalue weighted by Crippen LogP contribution is -2.19. The molecule has 0 fully saturated rings. The van der Waals surface area contributed by atoms with Crippen molar-refractivity contribution in [2.75, 3.05) is 12.4 Å². The molecular weight excluding hydrogens is 456 g/mol. The van der Waals surface area contributed by atoms with Gasteiger partial charge in [-0.1, -0.05) is 59.8 Å². The molecule has 1 aromatic heterocycles. The van der Waals surface area contributed by atoms with Crippen molar-refractivity contribution in [3.8, 4) is 17.1 Å². The number of aromatic nitrogens is 3. The molecule has 3 aromatic carbocycles. The van der Waals surface area contributed by atoms with Gasteiger partial charge in [0, 0.05) is 28.9 Å². The van der Waals surface area contributed by atoms with E-state index in [0.29, 0.717) is 28.2 Å². The molecule has 1 amide bonds. The number of amides is 1. The molecule has 6 nitrogen and oxygen atoms in total. The van der Waals surface area contributed by atoms with Crippen molar-refractivity contribution in [2.24, 2.45) is 0 Å². The van der Waals surface area contributed by atoms with Crippen LogP contribution in [0, 0.1) is 0 Å². The Morgan fingerprint density at radius 3 is 2.52 bits per heavy atom. The maximum absolute atomic E-state index is 13.4. The molecule has 0 saturated heterocycles. The third kappa shape index (κ3) is 5.38. The lowest BCUT2D eigenvalue weighted by atomic mass is 10.1. The highest BCUT2D eigenvalue weighted by Crippen LogP contribution is 2.37. The van der Waals surface area contributed by atoms with Crippen LogP contribution in [0.5, 0.6) is 5.75 Å². The van der Waals surface area contributed by atoms with E-state index >= 15 is 0 Å². The number of benzene rings is 3. The standard InChI is InChI=1S/C25H23ClN4O2S/c1-3-30-23(18-12-14-19(26)15-13-18)28-29-25(30)33-22(17-8-5-4-6-9-17)24(31)27-20-10-7-11-21(16-20)32-2/h4-16,22H,3H2,1-2H3,(H,27,31). The first kappa shape index (κ1) is 22.9. The van der Waals surface area contributed by atoms with Crippen LogP contribution in [0.2, 0.25) is 5.02 Å². The number of thioether (sulfide) groups is 1. The first-order chi connectivity index (χ1) is 16.1. The predicted molar refractivity (Wildman–Crippen MR) is 133 cm³/mol. The van der Waals surface area contributed by atoms with Crippen molar-refractivity contribution >= 4 is 35.0 Å². The van der Waals surface area contributed by atoms with Crippen molar-refractivity contribution in [1.82, 2.24) is 14.8 Å². The van der Waals surface area contributed by atoms with Crippen LogP contribution in [0.25, 0.3) is 11.4 Å². The topological polar surface area (TPSA) is 69.0 Å². The number of anilines is 1. The summed E-state index contributed by atoms with van der Waals surface area (Å²) >= 11 is 7.40. The number of carbonyl (C=O) groups excluding carboxylic acids is 1. The molecule has 4 aromatic rings. The van der Waals surface area contributed by atoms with Gasteiger partial charge in [0.15, 0.2) is 11.0 Å². The van der Waals surface area contributed by atoms with Gasteiger partial charge in [0.25, 0.3) is 0 Å². The number of ether oxygens (including phenoxy) is 1. The number of nitrogens with one attached hydrogen (secondary N) is 1.